The number of nitrogens with one attached hydrogen (secondary N) is 1. The Labute approximate surface area is 144 Å². The first-order valence-corrected chi connectivity index (χ1v) is 8.48. The van der Waals surface area contributed by atoms with E-state index in [0.29, 0.717) is 0 Å². The lowest BCUT2D eigenvalue weighted by Crippen LogP contribution is -2.32. The first-order chi connectivity index (χ1) is 11.6. The minimum Gasteiger partial charge on any atom is -0.331 e. The van der Waals surface area contributed by atoms with Gasteiger partial charge < -0.3 is 10.2 Å². The van der Waals surface area contributed by atoms with Crippen LogP contribution in [0.3, 0.4) is 0 Å². The van der Waals surface area contributed by atoms with Crippen LogP contribution in [0.5, 0.6) is 0 Å². The van der Waals surface area contributed by atoms with Crippen molar-refractivity contribution in [3.63, 3.8) is 0 Å². The number of nitrogens with zero attached hydrogens (tertiary/aromatic N) is 2. The van der Waals surface area contributed by atoms with Crippen LogP contribution in [-0.4, -0.2) is 43.0 Å². The molecular weight excluding hydrogens is 298 g/mol. The van der Waals surface area contributed by atoms with Crippen LogP contribution in [-0.2, 0) is 19.4 Å². The zero-order valence-corrected chi connectivity index (χ0v) is 14.5. The Bertz CT molecular complexity index is 694. The van der Waals surface area contributed by atoms with Gasteiger partial charge in [-0.05, 0) is 41.7 Å². The molecule has 2 aromatic rings. The number of anilines is 1. The molecule has 1 aliphatic heterocycles. The van der Waals surface area contributed by atoms with Crippen LogP contribution in [0.4, 0.5) is 10.5 Å². The minimum atomic E-state index is -0.102. The van der Waals surface area contributed by atoms with Crippen LogP contribution in [0.25, 0.3) is 0 Å². The highest BCUT2D eigenvalue weighted by molar-refractivity contribution is 5.88. The fraction of sp³-hybridized carbons (Fsp3) is 0.350. The van der Waals surface area contributed by atoms with Crippen LogP contribution < -0.4 is 5.32 Å². The molecule has 0 radical (unpaired) electrons. The number of benzene rings is 2. The van der Waals surface area contributed by atoms with Crippen molar-refractivity contribution in [1.82, 2.24) is 9.80 Å². The molecule has 4 heteroatoms. The summed E-state index contributed by atoms with van der Waals surface area (Å²) in [5, 5.41) is 2.86. The third kappa shape index (κ3) is 4.15. The van der Waals surface area contributed by atoms with Gasteiger partial charge in [0, 0.05) is 39.4 Å². The zero-order valence-electron chi connectivity index (χ0n) is 14.5. The van der Waals surface area contributed by atoms with Gasteiger partial charge >= 0.3 is 6.03 Å². The molecule has 3 rings (SSSR count). The lowest BCUT2D eigenvalue weighted by atomic mass is 9.99. The van der Waals surface area contributed by atoms with Crippen LogP contribution in [0.1, 0.15) is 16.7 Å². The molecule has 1 heterocycles. The number of carbonyl (C=O) groups is 1. The van der Waals surface area contributed by atoms with E-state index in [1.807, 2.05) is 12.1 Å². The summed E-state index contributed by atoms with van der Waals surface area (Å²) in [5.41, 5.74) is 5.10. The molecule has 126 valence electrons. The van der Waals surface area contributed by atoms with E-state index in [1.54, 1.807) is 14.1 Å². The normalized spacial score (nSPS) is 14.1. The lowest BCUT2D eigenvalue weighted by molar-refractivity contribution is 0.230. The van der Waals surface area contributed by atoms with Crippen molar-refractivity contribution in [2.24, 2.45) is 0 Å². The molecule has 0 atom stereocenters. The fourth-order valence-corrected chi connectivity index (χ4v) is 3.02. The monoisotopic (exact) mass is 323 g/mol. The number of hydrogen-bond donors (Lipinski definition) is 1. The predicted octanol–water partition coefficient (Wildman–Crippen LogP) is 3.38. The van der Waals surface area contributed by atoms with Crippen molar-refractivity contribution < 1.29 is 4.79 Å². The summed E-state index contributed by atoms with van der Waals surface area (Å²) in [7, 11) is 3.47. The highest BCUT2D eigenvalue weighted by atomic mass is 16.2. The maximum absolute atomic E-state index is 11.6. The number of urea groups is 1. The van der Waals surface area contributed by atoms with Gasteiger partial charge in [-0.2, -0.15) is 0 Å². The SMILES string of the molecule is CN(C)C(=O)Nc1ccc(CCN2CCc3ccccc3C2)cc1. The molecule has 0 aromatic heterocycles. The van der Waals surface area contributed by atoms with Crippen LogP contribution in [0.15, 0.2) is 48.5 Å². The number of hydrogen-bond acceptors (Lipinski definition) is 2. The molecule has 0 bridgehead atoms. The van der Waals surface area contributed by atoms with E-state index in [2.05, 4.69) is 46.6 Å². The van der Waals surface area contributed by atoms with Crippen molar-refractivity contribution in [3.05, 3.63) is 65.2 Å². The number of fused-ring (bicyclic) bond motifs is 1. The van der Waals surface area contributed by atoms with Crippen molar-refractivity contribution in [2.75, 3.05) is 32.5 Å². The topological polar surface area (TPSA) is 35.6 Å². The van der Waals surface area contributed by atoms with Crippen LogP contribution in [0.2, 0.25) is 0 Å². The van der Waals surface area contributed by atoms with Gasteiger partial charge in [-0.15, -0.1) is 0 Å². The molecule has 1 aliphatic rings. The number of carbonyl (C=O) groups excluding carboxylic acids is 1. The Morgan fingerprint density at radius 3 is 2.50 bits per heavy atom. The smallest absolute Gasteiger partial charge is 0.321 e. The largest absolute Gasteiger partial charge is 0.331 e. The fourth-order valence-electron chi connectivity index (χ4n) is 3.02. The Morgan fingerprint density at radius 1 is 1.08 bits per heavy atom. The highest BCUT2D eigenvalue weighted by Gasteiger charge is 2.15. The van der Waals surface area contributed by atoms with Crippen molar-refractivity contribution in [1.29, 1.82) is 0 Å². The summed E-state index contributed by atoms with van der Waals surface area (Å²) in [4.78, 5) is 15.7. The maximum atomic E-state index is 11.6. The van der Waals surface area contributed by atoms with Gasteiger partial charge in [0.15, 0.2) is 0 Å². The highest BCUT2D eigenvalue weighted by Crippen LogP contribution is 2.19. The van der Waals surface area contributed by atoms with Gasteiger partial charge in [0.2, 0.25) is 0 Å². The zero-order chi connectivity index (χ0) is 16.9. The van der Waals surface area contributed by atoms with Crippen molar-refractivity contribution in [2.45, 2.75) is 19.4 Å². The molecule has 0 spiro atoms. The van der Waals surface area contributed by atoms with E-state index >= 15 is 0 Å². The summed E-state index contributed by atoms with van der Waals surface area (Å²) < 4.78 is 0. The van der Waals surface area contributed by atoms with Crippen LogP contribution >= 0.6 is 0 Å². The molecule has 24 heavy (non-hydrogen) atoms. The van der Waals surface area contributed by atoms with Gasteiger partial charge in [0.1, 0.15) is 0 Å². The number of amides is 2. The van der Waals surface area contributed by atoms with Crippen molar-refractivity contribution in [3.8, 4) is 0 Å². The quantitative estimate of drug-likeness (QED) is 0.936. The first kappa shape index (κ1) is 16.5. The molecule has 0 saturated heterocycles. The van der Waals surface area contributed by atoms with Gasteiger partial charge in [-0.25, -0.2) is 4.79 Å². The minimum absolute atomic E-state index is 0.102. The molecule has 0 fully saturated rings. The van der Waals surface area contributed by atoms with E-state index in [4.69, 9.17) is 0 Å². The Balaban J connectivity index is 1.51. The van der Waals surface area contributed by atoms with Gasteiger partial charge in [0.05, 0.1) is 0 Å². The Kier molecular flexibility index (Phi) is 5.16. The molecule has 2 aromatic carbocycles. The van der Waals surface area contributed by atoms with Gasteiger partial charge in [-0.1, -0.05) is 36.4 Å². The lowest BCUT2D eigenvalue weighted by Gasteiger charge is -2.28. The predicted molar refractivity (Wildman–Crippen MR) is 98.3 cm³/mol. The summed E-state index contributed by atoms with van der Waals surface area (Å²) in [6.45, 7) is 3.25. The third-order valence-corrected chi connectivity index (χ3v) is 4.54. The standard InChI is InChI=1S/C20H25N3O/c1-22(2)20(24)21-19-9-7-16(8-10-19)11-13-23-14-12-17-5-3-4-6-18(17)15-23/h3-10H,11-15H2,1-2H3,(H,21,24). The summed E-state index contributed by atoms with van der Waals surface area (Å²) in [5.74, 6) is 0. The van der Waals surface area contributed by atoms with Crippen molar-refractivity contribution >= 4 is 11.7 Å². The van der Waals surface area contributed by atoms with Gasteiger partial charge in [0.25, 0.3) is 0 Å². The average molecular weight is 323 g/mol. The third-order valence-electron chi connectivity index (χ3n) is 4.54. The second-order valence-electron chi connectivity index (χ2n) is 6.57. The summed E-state index contributed by atoms with van der Waals surface area (Å²) in [6.07, 6.45) is 2.18. The average Bonchev–Trinajstić information content (AvgIpc) is 2.61. The molecule has 1 N–H and O–H groups in total. The Hall–Kier alpha value is -2.33. The van der Waals surface area contributed by atoms with E-state index in [0.717, 1.165) is 38.2 Å². The molecule has 0 aliphatic carbocycles. The summed E-state index contributed by atoms with van der Waals surface area (Å²) in [6, 6.07) is 16.8. The Morgan fingerprint density at radius 2 is 1.79 bits per heavy atom. The number of rotatable bonds is 4. The molecule has 0 unspecified atom stereocenters. The second kappa shape index (κ2) is 7.49. The van der Waals surface area contributed by atoms with Crippen LogP contribution in [0, 0.1) is 0 Å². The molecular formula is C20H25N3O. The van der Waals surface area contributed by atoms with E-state index < -0.39 is 0 Å². The van der Waals surface area contributed by atoms with Gasteiger partial charge in [-0.3, -0.25) is 4.90 Å². The summed E-state index contributed by atoms with van der Waals surface area (Å²) >= 11 is 0. The second-order valence-corrected chi connectivity index (χ2v) is 6.57. The molecule has 4 nitrogen and oxygen atoms in total. The first-order valence-electron chi connectivity index (χ1n) is 8.48. The maximum Gasteiger partial charge on any atom is 0.321 e. The molecule has 2 amide bonds. The van der Waals surface area contributed by atoms with E-state index in [-0.39, 0.29) is 6.03 Å². The molecule has 0 saturated carbocycles. The van der Waals surface area contributed by atoms with E-state index in [1.165, 1.54) is 21.6 Å². The van der Waals surface area contributed by atoms with E-state index in [9.17, 15) is 4.79 Å².